The van der Waals surface area contributed by atoms with Crippen molar-refractivity contribution in [1.29, 1.82) is 0 Å². The Kier molecular flexibility index (Phi) is 7.56. The molecule has 206 valence electrons. The van der Waals surface area contributed by atoms with Crippen LogP contribution in [0.15, 0.2) is 45.8 Å². The highest BCUT2D eigenvalue weighted by atomic mass is 35.5. The van der Waals surface area contributed by atoms with Gasteiger partial charge in [-0.1, -0.05) is 35.0 Å². The molecule has 0 bridgehead atoms. The van der Waals surface area contributed by atoms with Gasteiger partial charge in [0.15, 0.2) is 6.10 Å². The van der Waals surface area contributed by atoms with Gasteiger partial charge in [0.25, 0.3) is 5.56 Å². The molecule has 5 rings (SSSR count). The SMILES string of the molecule is Cc1cccc(C)c1C1CC(c2csc(C3CCN(C(=O)Cn4cc(C(F)(F)F)cc(Cl)c4=O)CC3)n2)=NO1. The second-order valence-corrected chi connectivity index (χ2v) is 11.2. The van der Waals surface area contributed by atoms with Crippen molar-refractivity contribution in [2.45, 2.75) is 57.9 Å². The standard InChI is InChI=1S/C27H26ClF3N4O3S/c1-15-4-3-5-16(2)24(15)22-11-20(33-38-22)21-14-39-25(32-21)17-6-8-34(9-7-17)23(36)13-35-12-18(27(29,30)31)10-19(28)26(35)37/h3-5,10,12,14,17,22H,6-9,11,13H2,1-2H3. The molecule has 0 aliphatic carbocycles. The Morgan fingerprint density at radius 2 is 1.90 bits per heavy atom. The van der Waals surface area contributed by atoms with E-state index in [1.807, 2.05) is 11.4 Å². The summed E-state index contributed by atoms with van der Waals surface area (Å²) in [7, 11) is 0. The highest BCUT2D eigenvalue weighted by molar-refractivity contribution is 7.10. The predicted octanol–water partition coefficient (Wildman–Crippen LogP) is 5.87. The molecule has 1 aromatic carbocycles. The normalized spacial score (nSPS) is 18.3. The zero-order valence-electron chi connectivity index (χ0n) is 21.3. The second-order valence-electron chi connectivity index (χ2n) is 9.88. The molecule has 1 atom stereocenters. The number of oxime groups is 1. The first-order chi connectivity index (χ1) is 18.5. The highest BCUT2D eigenvalue weighted by Crippen LogP contribution is 2.36. The molecule has 1 amide bonds. The second kappa shape index (κ2) is 10.8. The molecule has 0 radical (unpaired) electrons. The van der Waals surface area contributed by atoms with Crippen molar-refractivity contribution < 1.29 is 22.8 Å². The molecule has 3 aromatic rings. The Bertz CT molecular complexity index is 1470. The summed E-state index contributed by atoms with van der Waals surface area (Å²) >= 11 is 7.25. The van der Waals surface area contributed by atoms with Crippen LogP contribution >= 0.6 is 22.9 Å². The zero-order chi connectivity index (χ0) is 27.9. The molecule has 1 saturated heterocycles. The number of nitrogens with zero attached hydrogens (tertiary/aromatic N) is 4. The van der Waals surface area contributed by atoms with Gasteiger partial charge >= 0.3 is 6.18 Å². The molecule has 0 spiro atoms. The number of piperidine rings is 1. The Morgan fingerprint density at radius 3 is 2.56 bits per heavy atom. The number of rotatable bonds is 5. The predicted molar refractivity (Wildman–Crippen MR) is 142 cm³/mol. The maximum atomic E-state index is 13.1. The summed E-state index contributed by atoms with van der Waals surface area (Å²) in [5.74, 6) is -0.281. The fourth-order valence-electron chi connectivity index (χ4n) is 5.12. The van der Waals surface area contributed by atoms with Gasteiger partial charge in [0.2, 0.25) is 5.91 Å². The lowest BCUT2D eigenvalue weighted by Crippen LogP contribution is -2.41. The van der Waals surface area contributed by atoms with E-state index >= 15 is 0 Å². The lowest BCUT2D eigenvalue weighted by atomic mass is 9.95. The number of halogens is 4. The van der Waals surface area contributed by atoms with Crippen LogP contribution in [-0.4, -0.2) is 39.2 Å². The molecule has 12 heteroatoms. The van der Waals surface area contributed by atoms with E-state index in [0.717, 1.165) is 37.7 Å². The Morgan fingerprint density at radius 1 is 1.21 bits per heavy atom. The molecular formula is C27H26ClF3N4O3S. The van der Waals surface area contributed by atoms with Gasteiger partial charge in [0.1, 0.15) is 17.3 Å². The summed E-state index contributed by atoms with van der Waals surface area (Å²) in [6, 6.07) is 6.73. The average molecular weight is 579 g/mol. The summed E-state index contributed by atoms with van der Waals surface area (Å²) in [6.07, 6.45) is -2.23. The number of carbonyl (C=O) groups excluding carboxylic acids is 1. The van der Waals surface area contributed by atoms with Crippen LogP contribution in [0.25, 0.3) is 0 Å². The van der Waals surface area contributed by atoms with Crippen molar-refractivity contribution >= 4 is 34.6 Å². The third-order valence-corrected chi connectivity index (χ3v) is 8.50. The summed E-state index contributed by atoms with van der Waals surface area (Å²) in [6.45, 7) is 4.45. The minimum atomic E-state index is -4.68. The summed E-state index contributed by atoms with van der Waals surface area (Å²) in [5.41, 5.74) is 3.18. The van der Waals surface area contributed by atoms with E-state index in [4.69, 9.17) is 21.4 Å². The number of likely N-dealkylation sites (tertiary alicyclic amines) is 1. The fraction of sp³-hybridized carbons (Fsp3) is 0.407. The van der Waals surface area contributed by atoms with E-state index in [-0.39, 0.29) is 12.0 Å². The number of hydrogen-bond donors (Lipinski definition) is 0. The number of pyridine rings is 1. The summed E-state index contributed by atoms with van der Waals surface area (Å²) < 4.78 is 40.1. The number of hydrogen-bond acceptors (Lipinski definition) is 6. The van der Waals surface area contributed by atoms with E-state index in [0.29, 0.717) is 44.6 Å². The molecule has 0 N–H and O–H groups in total. The van der Waals surface area contributed by atoms with Crippen LogP contribution in [0, 0.1) is 13.8 Å². The van der Waals surface area contributed by atoms with Crippen LogP contribution in [0.2, 0.25) is 5.02 Å². The minimum absolute atomic E-state index is 0.139. The number of aryl methyl sites for hydroxylation is 2. The monoisotopic (exact) mass is 578 g/mol. The molecule has 1 unspecified atom stereocenters. The quantitative estimate of drug-likeness (QED) is 0.380. The van der Waals surface area contributed by atoms with Gasteiger partial charge in [-0.15, -0.1) is 11.3 Å². The van der Waals surface area contributed by atoms with Crippen LogP contribution in [-0.2, 0) is 22.4 Å². The van der Waals surface area contributed by atoms with Gasteiger partial charge in [-0.3, -0.25) is 9.59 Å². The van der Waals surface area contributed by atoms with Crippen molar-refractivity contribution in [2.75, 3.05) is 13.1 Å². The van der Waals surface area contributed by atoms with E-state index in [1.54, 1.807) is 16.2 Å². The molecule has 4 heterocycles. The molecule has 7 nitrogen and oxygen atoms in total. The fourth-order valence-corrected chi connectivity index (χ4v) is 6.35. The van der Waals surface area contributed by atoms with E-state index in [2.05, 4.69) is 31.1 Å². The van der Waals surface area contributed by atoms with Gasteiger partial charge in [-0.25, -0.2) is 4.98 Å². The van der Waals surface area contributed by atoms with Crippen molar-refractivity contribution in [3.05, 3.63) is 84.2 Å². The first kappa shape index (κ1) is 27.4. The molecule has 2 aliphatic rings. The lowest BCUT2D eigenvalue weighted by Gasteiger charge is -2.31. The number of aromatic nitrogens is 2. The van der Waals surface area contributed by atoms with Crippen LogP contribution in [0.3, 0.4) is 0 Å². The first-order valence-electron chi connectivity index (χ1n) is 12.5. The van der Waals surface area contributed by atoms with Gasteiger partial charge in [0.05, 0.1) is 16.3 Å². The third-order valence-electron chi connectivity index (χ3n) is 7.22. The minimum Gasteiger partial charge on any atom is -0.387 e. The van der Waals surface area contributed by atoms with Crippen LogP contribution in [0.5, 0.6) is 0 Å². The Hall–Kier alpha value is -3.18. The molecule has 0 saturated carbocycles. The van der Waals surface area contributed by atoms with Crippen molar-refractivity contribution in [1.82, 2.24) is 14.5 Å². The van der Waals surface area contributed by atoms with Crippen LogP contribution in [0.4, 0.5) is 13.2 Å². The van der Waals surface area contributed by atoms with Crippen LogP contribution in [0.1, 0.15) is 64.2 Å². The van der Waals surface area contributed by atoms with Crippen molar-refractivity contribution in [3.8, 4) is 0 Å². The molecule has 2 aromatic heterocycles. The smallest absolute Gasteiger partial charge is 0.387 e. The highest BCUT2D eigenvalue weighted by Gasteiger charge is 2.33. The van der Waals surface area contributed by atoms with E-state index < -0.39 is 34.8 Å². The van der Waals surface area contributed by atoms with Crippen molar-refractivity contribution in [2.24, 2.45) is 5.16 Å². The number of carbonyl (C=O) groups is 1. The maximum absolute atomic E-state index is 13.1. The number of amides is 1. The largest absolute Gasteiger partial charge is 0.417 e. The number of thiazole rings is 1. The Balaban J connectivity index is 1.19. The zero-order valence-corrected chi connectivity index (χ0v) is 22.9. The topological polar surface area (TPSA) is 76.8 Å². The van der Waals surface area contributed by atoms with Crippen LogP contribution < -0.4 is 5.56 Å². The Labute approximate surface area is 231 Å². The lowest BCUT2D eigenvalue weighted by molar-refractivity contribution is -0.139. The summed E-state index contributed by atoms with van der Waals surface area (Å²) in [4.78, 5) is 37.2. The van der Waals surface area contributed by atoms with Gasteiger partial charge in [-0.2, -0.15) is 13.2 Å². The van der Waals surface area contributed by atoms with E-state index in [9.17, 15) is 22.8 Å². The average Bonchev–Trinajstić information content (AvgIpc) is 3.56. The number of benzene rings is 1. The van der Waals surface area contributed by atoms with E-state index in [1.165, 1.54) is 0 Å². The number of alkyl halides is 3. The van der Waals surface area contributed by atoms with Crippen molar-refractivity contribution in [3.63, 3.8) is 0 Å². The molecule has 2 aliphatic heterocycles. The molecular weight excluding hydrogens is 553 g/mol. The van der Waals surface area contributed by atoms with Gasteiger partial charge in [-0.05, 0) is 43.9 Å². The third kappa shape index (κ3) is 5.74. The van der Waals surface area contributed by atoms with Gasteiger partial charge in [0, 0.05) is 42.6 Å². The molecule has 39 heavy (non-hydrogen) atoms. The first-order valence-corrected chi connectivity index (χ1v) is 13.8. The molecule has 1 fully saturated rings. The maximum Gasteiger partial charge on any atom is 0.417 e. The van der Waals surface area contributed by atoms with Gasteiger partial charge < -0.3 is 14.3 Å². The summed E-state index contributed by atoms with van der Waals surface area (Å²) in [5, 5.41) is 6.67.